The minimum atomic E-state index is -4.94. The summed E-state index contributed by atoms with van der Waals surface area (Å²) >= 11 is 0. The van der Waals surface area contributed by atoms with Crippen LogP contribution in [0.25, 0.3) is 0 Å². The Kier molecular flexibility index (Phi) is 5.00. The number of hydrogen-bond acceptors (Lipinski definition) is 2. The lowest BCUT2D eigenvalue weighted by Gasteiger charge is -2.13. The van der Waals surface area contributed by atoms with Crippen LogP contribution in [0.5, 0.6) is 0 Å². The molecule has 2 rings (SSSR count). The molecule has 0 aromatic heterocycles. The molecule has 0 radical (unpaired) electrons. The molecule has 0 aliphatic carbocycles. The predicted octanol–water partition coefficient (Wildman–Crippen LogP) is 3.12. The fourth-order valence-electron chi connectivity index (χ4n) is 1.86. The number of para-hydroxylation sites is 1. The van der Waals surface area contributed by atoms with Crippen LogP contribution in [0.2, 0.25) is 0 Å². The lowest BCUT2D eigenvalue weighted by Crippen LogP contribution is -2.36. The topological polar surface area (TPSA) is 58.2 Å². The maximum absolute atomic E-state index is 12.2. The fourth-order valence-corrected chi connectivity index (χ4v) is 1.86. The molecule has 0 aliphatic rings. The average molecular weight is 322 g/mol. The Morgan fingerprint density at radius 2 is 1.52 bits per heavy atom. The Morgan fingerprint density at radius 3 is 2.17 bits per heavy atom. The number of carbonyl (C=O) groups excluding carboxylic acids is 2. The van der Waals surface area contributed by atoms with Crippen LogP contribution in [0.15, 0.2) is 54.6 Å². The number of alkyl halides is 3. The summed E-state index contributed by atoms with van der Waals surface area (Å²) in [5, 5.41) is 4.39. The smallest absolute Gasteiger partial charge is 0.344 e. The molecule has 0 spiro atoms. The molecule has 2 amide bonds. The SMILES string of the molecule is O=C(Nc1ccccc1CNC(=O)C(F)(F)F)c1ccccc1. The fraction of sp³-hybridized carbons (Fsp3) is 0.125. The van der Waals surface area contributed by atoms with Gasteiger partial charge in [0.05, 0.1) is 0 Å². The minimum Gasteiger partial charge on any atom is -0.344 e. The van der Waals surface area contributed by atoms with E-state index in [1.54, 1.807) is 53.8 Å². The van der Waals surface area contributed by atoms with E-state index in [0.29, 0.717) is 16.8 Å². The van der Waals surface area contributed by atoms with Crippen molar-refractivity contribution in [1.82, 2.24) is 5.32 Å². The molecule has 0 unspecified atom stereocenters. The minimum absolute atomic E-state index is 0.337. The van der Waals surface area contributed by atoms with Crippen LogP contribution in [0, 0.1) is 0 Å². The second-order valence-corrected chi connectivity index (χ2v) is 4.66. The van der Waals surface area contributed by atoms with E-state index in [1.165, 1.54) is 6.07 Å². The lowest BCUT2D eigenvalue weighted by molar-refractivity contribution is -0.173. The molecule has 0 aliphatic heterocycles. The third kappa shape index (κ3) is 4.57. The highest BCUT2D eigenvalue weighted by atomic mass is 19.4. The molecule has 2 aromatic carbocycles. The van der Waals surface area contributed by atoms with E-state index in [1.807, 2.05) is 0 Å². The quantitative estimate of drug-likeness (QED) is 0.909. The summed E-state index contributed by atoms with van der Waals surface area (Å²) in [6.45, 7) is -0.344. The maximum Gasteiger partial charge on any atom is 0.471 e. The van der Waals surface area contributed by atoms with E-state index in [9.17, 15) is 22.8 Å². The van der Waals surface area contributed by atoms with Crippen molar-refractivity contribution in [2.75, 3.05) is 5.32 Å². The zero-order chi connectivity index (χ0) is 16.9. The van der Waals surface area contributed by atoms with Crippen molar-refractivity contribution in [2.24, 2.45) is 0 Å². The van der Waals surface area contributed by atoms with Gasteiger partial charge < -0.3 is 10.6 Å². The predicted molar refractivity (Wildman–Crippen MR) is 78.7 cm³/mol. The van der Waals surface area contributed by atoms with Crippen LogP contribution < -0.4 is 10.6 Å². The number of nitrogens with one attached hydrogen (secondary N) is 2. The zero-order valence-corrected chi connectivity index (χ0v) is 11.9. The second kappa shape index (κ2) is 6.95. The first-order valence-electron chi connectivity index (χ1n) is 6.67. The molecule has 2 aromatic rings. The van der Waals surface area contributed by atoms with Crippen LogP contribution in [-0.2, 0) is 11.3 Å². The zero-order valence-electron chi connectivity index (χ0n) is 11.9. The maximum atomic E-state index is 12.2. The third-order valence-corrected chi connectivity index (χ3v) is 3.00. The summed E-state index contributed by atoms with van der Waals surface area (Å²) < 4.78 is 36.6. The Hall–Kier alpha value is -2.83. The summed E-state index contributed by atoms with van der Waals surface area (Å²) in [5.41, 5.74) is 1.12. The standard InChI is InChI=1S/C16H13F3N2O2/c17-16(18,19)15(23)20-10-12-8-4-5-9-13(12)21-14(22)11-6-2-1-3-7-11/h1-9H,10H2,(H,20,23)(H,21,22). The third-order valence-electron chi connectivity index (χ3n) is 3.00. The summed E-state index contributed by atoms with van der Waals surface area (Å²) in [7, 11) is 0. The first-order chi connectivity index (χ1) is 10.9. The second-order valence-electron chi connectivity index (χ2n) is 4.66. The molecular weight excluding hydrogens is 309 g/mol. The van der Waals surface area contributed by atoms with Crippen molar-refractivity contribution in [1.29, 1.82) is 0 Å². The van der Waals surface area contributed by atoms with Gasteiger partial charge in [-0.05, 0) is 23.8 Å². The van der Waals surface area contributed by atoms with E-state index < -0.39 is 12.1 Å². The van der Waals surface area contributed by atoms with E-state index >= 15 is 0 Å². The monoisotopic (exact) mass is 322 g/mol. The van der Waals surface area contributed by atoms with Crippen LogP contribution in [0.1, 0.15) is 15.9 Å². The number of benzene rings is 2. The van der Waals surface area contributed by atoms with Gasteiger partial charge in [-0.2, -0.15) is 13.2 Å². The van der Waals surface area contributed by atoms with Crippen molar-refractivity contribution in [3.63, 3.8) is 0 Å². The first-order valence-corrected chi connectivity index (χ1v) is 6.67. The van der Waals surface area contributed by atoms with E-state index in [2.05, 4.69) is 5.32 Å². The number of carbonyl (C=O) groups is 2. The van der Waals surface area contributed by atoms with Gasteiger partial charge in [-0.1, -0.05) is 36.4 Å². The molecule has 7 heteroatoms. The van der Waals surface area contributed by atoms with Crippen molar-refractivity contribution in [2.45, 2.75) is 12.7 Å². The molecule has 0 saturated heterocycles. The van der Waals surface area contributed by atoms with Gasteiger partial charge in [0.15, 0.2) is 0 Å². The van der Waals surface area contributed by atoms with Crippen LogP contribution in [-0.4, -0.2) is 18.0 Å². The van der Waals surface area contributed by atoms with Crippen LogP contribution in [0.3, 0.4) is 0 Å². The molecule has 0 fully saturated rings. The normalized spacial score (nSPS) is 10.9. The molecule has 23 heavy (non-hydrogen) atoms. The molecule has 0 atom stereocenters. The van der Waals surface area contributed by atoms with Gasteiger partial charge in [0.25, 0.3) is 5.91 Å². The van der Waals surface area contributed by atoms with Gasteiger partial charge in [0, 0.05) is 17.8 Å². The molecule has 0 heterocycles. The van der Waals surface area contributed by atoms with E-state index in [0.717, 1.165) is 0 Å². The molecule has 120 valence electrons. The highest BCUT2D eigenvalue weighted by molar-refractivity contribution is 6.04. The first kappa shape index (κ1) is 16.5. The Balaban J connectivity index is 2.09. The summed E-state index contributed by atoms with van der Waals surface area (Å²) in [6.07, 6.45) is -4.94. The number of anilines is 1. The van der Waals surface area contributed by atoms with E-state index in [-0.39, 0.29) is 12.5 Å². The van der Waals surface area contributed by atoms with Crippen molar-refractivity contribution in [3.05, 3.63) is 65.7 Å². The molecular formula is C16H13F3N2O2. The van der Waals surface area contributed by atoms with Crippen molar-refractivity contribution < 1.29 is 22.8 Å². The Labute approximate surface area is 130 Å². The van der Waals surface area contributed by atoms with E-state index in [4.69, 9.17) is 0 Å². The number of halogens is 3. The van der Waals surface area contributed by atoms with Gasteiger partial charge in [0.2, 0.25) is 0 Å². The van der Waals surface area contributed by atoms with Gasteiger partial charge in [0.1, 0.15) is 0 Å². The van der Waals surface area contributed by atoms with Crippen molar-refractivity contribution in [3.8, 4) is 0 Å². The van der Waals surface area contributed by atoms with Gasteiger partial charge in [-0.15, -0.1) is 0 Å². The number of rotatable bonds is 4. The molecule has 2 N–H and O–H groups in total. The highest BCUT2D eigenvalue weighted by Crippen LogP contribution is 2.18. The summed E-state index contributed by atoms with van der Waals surface area (Å²) in [5.74, 6) is -2.41. The van der Waals surface area contributed by atoms with Crippen molar-refractivity contribution >= 4 is 17.5 Å². The van der Waals surface area contributed by atoms with Crippen LogP contribution >= 0.6 is 0 Å². The number of hydrogen-bond donors (Lipinski definition) is 2. The Morgan fingerprint density at radius 1 is 0.913 bits per heavy atom. The average Bonchev–Trinajstić information content (AvgIpc) is 2.53. The van der Waals surface area contributed by atoms with Gasteiger partial charge in [-0.3, -0.25) is 9.59 Å². The molecule has 0 bridgehead atoms. The molecule has 0 saturated carbocycles. The van der Waals surface area contributed by atoms with Gasteiger partial charge >= 0.3 is 12.1 Å². The van der Waals surface area contributed by atoms with Crippen LogP contribution in [0.4, 0.5) is 18.9 Å². The molecule has 4 nitrogen and oxygen atoms in total. The summed E-state index contributed by atoms with van der Waals surface area (Å²) in [6, 6.07) is 14.7. The number of amides is 2. The summed E-state index contributed by atoms with van der Waals surface area (Å²) in [4.78, 5) is 23.0. The largest absolute Gasteiger partial charge is 0.471 e. The van der Waals surface area contributed by atoms with Gasteiger partial charge in [-0.25, -0.2) is 0 Å². The Bertz CT molecular complexity index is 700. The lowest BCUT2D eigenvalue weighted by atomic mass is 10.1. The highest BCUT2D eigenvalue weighted by Gasteiger charge is 2.38.